The largest absolute Gasteiger partial charge is 0.346 e. The minimum atomic E-state index is -2.60. The number of hydrogen-bond donors (Lipinski definition) is 0. The van der Waals surface area contributed by atoms with Crippen LogP contribution in [-0.2, 0) is 4.57 Å². The Morgan fingerprint density at radius 1 is 0.667 bits per heavy atom. The molecular formula is C21H19Br2N2OP. The first-order valence-electron chi connectivity index (χ1n) is 8.68. The Hall–Kier alpha value is -1.55. The Bertz CT molecular complexity index is 904. The maximum atomic E-state index is 14.0. The van der Waals surface area contributed by atoms with Gasteiger partial charge in [-0.1, -0.05) is 62.2 Å². The van der Waals surface area contributed by atoms with Crippen LogP contribution in [0.4, 0.5) is 11.4 Å². The molecule has 1 fully saturated rings. The summed E-state index contributed by atoms with van der Waals surface area (Å²) < 4.78 is 16.1. The Balaban J connectivity index is 1.73. The predicted octanol–water partition coefficient (Wildman–Crippen LogP) is 6.10. The van der Waals surface area contributed by atoms with Crippen molar-refractivity contribution < 1.29 is 4.57 Å². The first-order valence-corrected chi connectivity index (χ1v) is 12.3. The first-order chi connectivity index (χ1) is 13.0. The normalized spacial score (nSPS) is 16.4. The molecule has 3 nitrogen and oxygen atoms in total. The summed E-state index contributed by atoms with van der Waals surface area (Å²) in [7, 11) is -2.60. The molecule has 27 heavy (non-hydrogen) atoms. The van der Waals surface area contributed by atoms with E-state index in [4.69, 9.17) is 0 Å². The molecule has 6 heteroatoms. The van der Waals surface area contributed by atoms with Crippen LogP contribution in [0.2, 0.25) is 0 Å². The van der Waals surface area contributed by atoms with E-state index in [1.807, 2.05) is 54.6 Å². The van der Waals surface area contributed by atoms with Crippen LogP contribution in [0.3, 0.4) is 0 Å². The van der Waals surface area contributed by atoms with Gasteiger partial charge >= 0.3 is 0 Å². The fraction of sp³-hybridized carbons (Fsp3) is 0.143. The van der Waals surface area contributed by atoms with Crippen molar-refractivity contribution in [1.29, 1.82) is 0 Å². The number of halogens is 2. The third-order valence-corrected chi connectivity index (χ3v) is 8.64. The molecule has 4 rings (SSSR count). The van der Waals surface area contributed by atoms with Crippen molar-refractivity contribution in [2.24, 2.45) is 0 Å². The standard InChI is InChI=1S/C21H19Br2N2OP/c22-17-6-10-19(11-7-17)24-14-25(20-12-8-18(23)9-13-20)16-27(26,15-24)21-4-2-1-3-5-21/h1-13H,14-16H2. The summed E-state index contributed by atoms with van der Waals surface area (Å²) in [6.45, 7) is 0.708. The summed E-state index contributed by atoms with van der Waals surface area (Å²) in [5.41, 5.74) is 2.16. The Kier molecular flexibility index (Phi) is 5.45. The van der Waals surface area contributed by atoms with Gasteiger partial charge in [-0.05, 0) is 48.5 Å². The number of hydrogen-bond acceptors (Lipinski definition) is 3. The van der Waals surface area contributed by atoms with E-state index in [2.05, 4.69) is 65.9 Å². The van der Waals surface area contributed by atoms with E-state index >= 15 is 0 Å². The molecule has 0 saturated carbocycles. The van der Waals surface area contributed by atoms with Gasteiger partial charge in [-0.15, -0.1) is 0 Å². The van der Waals surface area contributed by atoms with Gasteiger partial charge in [0.15, 0.2) is 7.14 Å². The van der Waals surface area contributed by atoms with Gasteiger partial charge in [-0.2, -0.15) is 0 Å². The molecule has 0 unspecified atom stereocenters. The molecular weight excluding hydrogens is 487 g/mol. The zero-order valence-electron chi connectivity index (χ0n) is 14.6. The van der Waals surface area contributed by atoms with E-state index in [-0.39, 0.29) is 0 Å². The molecule has 0 atom stereocenters. The lowest BCUT2D eigenvalue weighted by atomic mass is 10.3. The average molecular weight is 506 g/mol. The summed E-state index contributed by atoms with van der Waals surface area (Å²) >= 11 is 6.99. The highest BCUT2D eigenvalue weighted by Crippen LogP contribution is 2.50. The van der Waals surface area contributed by atoms with Crippen molar-refractivity contribution in [3.05, 3.63) is 87.8 Å². The molecule has 1 aliphatic heterocycles. The van der Waals surface area contributed by atoms with Crippen molar-refractivity contribution >= 4 is 55.7 Å². The van der Waals surface area contributed by atoms with Gasteiger partial charge in [-0.3, -0.25) is 0 Å². The lowest BCUT2D eigenvalue weighted by Gasteiger charge is -2.42. The minimum absolute atomic E-state index is 0.547. The van der Waals surface area contributed by atoms with Crippen LogP contribution in [0.5, 0.6) is 0 Å². The predicted molar refractivity (Wildman–Crippen MR) is 122 cm³/mol. The fourth-order valence-corrected chi connectivity index (χ4v) is 6.65. The van der Waals surface area contributed by atoms with Crippen molar-refractivity contribution in [2.45, 2.75) is 0 Å². The van der Waals surface area contributed by atoms with Gasteiger partial charge in [0, 0.05) is 25.6 Å². The minimum Gasteiger partial charge on any atom is -0.346 e. The van der Waals surface area contributed by atoms with Crippen LogP contribution < -0.4 is 15.1 Å². The van der Waals surface area contributed by atoms with Crippen LogP contribution in [0.1, 0.15) is 0 Å². The Morgan fingerprint density at radius 2 is 1.11 bits per heavy atom. The summed E-state index contributed by atoms with van der Waals surface area (Å²) in [6, 6.07) is 26.3. The van der Waals surface area contributed by atoms with Gasteiger partial charge in [0.1, 0.15) is 0 Å². The molecule has 138 valence electrons. The van der Waals surface area contributed by atoms with Gasteiger partial charge in [0.25, 0.3) is 0 Å². The molecule has 3 aromatic rings. The second-order valence-corrected chi connectivity index (χ2v) is 11.4. The topological polar surface area (TPSA) is 23.6 Å². The molecule has 0 spiro atoms. The molecule has 1 saturated heterocycles. The molecule has 1 heterocycles. The summed E-state index contributed by atoms with van der Waals surface area (Å²) in [5, 5.41) is 0.939. The zero-order valence-corrected chi connectivity index (χ0v) is 18.7. The highest BCUT2D eigenvalue weighted by atomic mass is 79.9. The third kappa shape index (κ3) is 4.16. The molecule has 0 amide bonds. The lowest BCUT2D eigenvalue weighted by Crippen LogP contribution is -2.46. The van der Waals surface area contributed by atoms with Crippen LogP contribution in [0, 0.1) is 0 Å². The number of nitrogens with zero attached hydrogens (tertiary/aromatic N) is 2. The van der Waals surface area contributed by atoms with Crippen molar-refractivity contribution in [3.8, 4) is 0 Å². The van der Waals surface area contributed by atoms with E-state index in [0.717, 1.165) is 25.6 Å². The summed E-state index contributed by atoms with van der Waals surface area (Å²) in [6.07, 6.45) is 1.09. The van der Waals surface area contributed by atoms with Crippen LogP contribution in [0.15, 0.2) is 87.8 Å². The second kappa shape index (κ2) is 7.83. The molecule has 0 aliphatic carbocycles. The quantitative estimate of drug-likeness (QED) is 0.402. The highest BCUT2D eigenvalue weighted by Gasteiger charge is 2.35. The Morgan fingerprint density at radius 3 is 1.56 bits per heavy atom. The second-order valence-electron chi connectivity index (χ2n) is 6.68. The lowest BCUT2D eigenvalue weighted by molar-refractivity contribution is 0.571. The molecule has 0 N–H and O–H groups in total. The molecule has 0 aromatic heterocycles. The first kappa shape index (κ1) is 18.8. The number of anilines is 2. The fourth-order valence-electron chi connectivity index (χ4n) is 3.39. The van der Waals surface area contributed by atoms with Gasteiger partial charge in [0.05, 0.1) is 19.2 Å². The van der Waals surface area contributed by atoms with E-state index in [1.54, 1.807) is 0 Å². The molecule has 0 radical (unpaired) electrons. The smallest absolute Gasteiger partial charge is 0.152 e. The van der Waals surface area contributed by atoms with Crippen molar-refractivity contribution in [3.63, 3.8) is 0 Å². The van der Waals surface area contributed by atoms with Crippen molar-refractivity contribution in [2.75, 3.05) is 29.0 Å². The Labute approximate surface area is 176 Å². The van der Waals surface area contributed by atoms with E-state index in [9.17, 15) is 4.57 Å². The van der Waals surface area contributed by atoms with E-state index in [1.165, 1.54) is 0 Å². The average Bonchev–Trinajstić information content (AvgIpc) is 2.69. The van der Waals surface area contributed by atoms with Crippen LogP contribution >= 0.6 is 39.0 Å². The number of rotatable bonds is 3. The molecule has 3 aromatic carbocycles. The summed E-state index contributed by atoms with van der Waals surface area (Å²) in [4.78, 5) is 4.43. The third-order valence-electron chi connectivity index (χ3n) is 4.75. The van der Waals surface area contributed by atoms with Crippen LogP contribution in [-0.4, -0.2) is 19.2 Å². The monoisotopic (exact) mass is 504 g/mol. The van der Waals surface area contributed by atoms with Crippen molar-refractivity contribution in [1.82, 2.24) is 0 Å². The molecule has 0 bridgehead atoms. The van der Waals surface area contributed by atoms with Crippen LogP contribution in [0.25, 0.3) is 0 Å². The molecule has 1 aliphatic rings. The number of benzene rings is 3. The van der Waals surface area contributed by atoms with E-state index in [0.29, 0.717) is 19.2 Å². The van der Waals surface area contributed by atoms with Gasteiger partial charge < -0.3 is 14.4 Å². The maximum Gasteiger partial charge on any atom is 0.152 e. The van der Waals surface area contributed by atoms with Gasteiger partial charge in [0.2, 0.25) is 0 Å². The SMILES string of the molecule is O=P1(c2ccccc2)CN(c2ccc(Br)cc2)CN(c2ccc(Br)cc2)C1. The zero-order chi connectivity index (χ0) is 18.9. The maximum absolute atomic E-state index is 14.0. The highest BCUT2D eigenvalue weighted by molar-refractivity contribution is 9.10. The summed E-state index contributed by atoms with van der Waals surface area (Å²) in [5.74, 6) is 0. The van der Waals surface area contributed by atoms with Gasteiger partial charge in [-0.25, -0.2) is 0 Å². The van der Waals surface area contributed by atoms with E-state index < -0.39 is 7.14 Å².